The van der Waals surface area contributed by atoms with Gasteiger partial charge in [-0.05, 0) is 24.3 Å². The van der Waals surface area contributed by atoms with Crippen LogP contribution in [-0.2, 0) is 5.88 Å². The third-order valence-corrected chi connectivity index (χ3v) is 3.30. The van der Waals surface area contributed by atoms with Gasteiger partial charge in [-0.25, -0.2) is 9.97 Å². The number of benzene rings is 1. The number of nitriles is 1. The highest BCUT2D eigenvalue weighted by Gasteiger charge is 2.14. The maximum absolute atomic E-state index is 8.78. The maximum atomic E-state index is 8.78. The summed E-state index contributed by atoms with van der Waals surface area (Å²) >= 11 is 11.9. The van der Waals surface area contributed by atoms with Gasteiger partial charge in [0.25, 0.3) is 0 Å². The molecule has 0 fully saturated rings. The largest absolute Gasteiger partial charge is 0.329 e. The third kappa shape index (κ3) is 2.78. The Balaban J connectivity index is 2.41. The zero-order valence-corrected chi connectivity index (χ0v) is 11.7. The summed E-state index contributed by atoms with van der Waals surface area (Å²) < 4.78 is 0. The molecule has 0 aliphatic carbocycles. The first-order chi connectivity index (χ1) is 9.17. The van der Waals surface area contributed by atoms with Crippen LogP contribution in [0.15, 0.2) is 30.6 Å². The second kappa shape index (κ2) is 5.87. The van der Waals surface area contributed by atoms with Gasteiger partial charge in [0, 0.05) is 18.3 Å². The van der Waals surface area contributed by atoms with Gasteiger partial charge < -0.3 is 4.90 Å². The Labute approximate surface area is 121 Å². The first-order valence-corrected chi connectivity index (χ1v) is 6.38. The number of alkyl halides is 1. The minimum Gasteiger partial charge on any atom is -0.329 e. The van der Waals surface area contributed by atoms with Crippen LogP contribution in [0.3, 0.4) is 0 Å². The van der Waals surface area contributed by atoms with E-state index in [2.05, 4.69) is 16.0 Å². The minimum absolute atomic E-state index is 0.232. The summed E-state index contributed by atoms with van der Waals surface area (Å²) in [5.41, 5.74) is 2.17. The van der Waals surface area contributed by atoms with Crippen molar-refractivity contribution in [2.24, 2.45) is 0 Å². The smallest absolute Gasteiger partial charge is 0.142 e. The summed E-state index contributed by atoms with van der Waals surface area (Å²) in [7, 11) is 1.86. The summed E-state index contributed by atoms with van der Waals surface area (Å²) in [6.45, 7) is 0. The van der Waals surface area contributed by atoms with Crippen LogP contribution >= 0.6 is 23.2 Å². The van der Waals surface area contributed by atoms with E-state index in [-0.39, 0.29) is 5.88 Å². The van der Waals surface area contributed by atoms with Crippen molar-refractivity contribution in [3.8, 4) is 6.07 Å². The summed E-state index contributed by atoms with van der Waals surface area (Å²) in [6.07, 6.45) is 1.40. The number of nitrogens with zero attached hydrogens (tertiary/aromatic N) is 4. The van der Waals surface area contributed by atoms with E-state index in [1.807, 2.05) is 24.1 Å². The molecule has 0 radical (unpaired) electrons. The summed E-state index contributed by atoms with van der Waals surface area (Å²) in [4.78, 5) is 9.98. The highest BCUT2D eigenvalue weighted by Crippen LogP contribution is 2.29. The molecule has 2 rings (SSSR count). The van der Waals surface area contributed by atoms with Crippen molar-refractivity contribution >= 4 is 34.7 Å². The van der Waals surface area contributed by atoms with Crippen LogP contribution in [0.1, 0.15) is 11.1 Å². The predicted octanol–water partition coefficient (Wildman–Crippen LogP) is 3.51. The van der Waals surface area contributed by atoms with E-state index in [1.165, 1.54) is 6.33 Å². The molecular formula is C13H10Cl2N4. The van der Waals surface area contributed by atoms with Gasteiger partial charge in [-0.15, -0.1) is 11.6 Å². The molecule has 0 N–H and O–H groups in total. The fraction of sp³-hybridized carbons (Fsp3) is 0.154. The average Bonchev–Trinajstić information content (AvgIpc) is 2.46. The molecule has 0 atom stereocenters. The van der Waals surface area contributed by atoms with Gasteiger partial charge >= 0.3 is 0 Å². The fourth-order valence-corrected chi connectivity index (χ4v) is 2.18. The van der Waals surface area contributed by atoms with Gasteiger partial charge in [-0.1, -0.05) is 11.6 Å². The molecule has 1 heterocycles. The summed E-state index contributed by atoms with van der Waals surface area (Å²) in [6, 6.07) is 9.25. The van der Waals surface area contributed by atoms with E-state index in [0.717, 1.165) is 5.69 Å². The maximum Gasteiger partial charge on any atom is 0.142 e. The molecule has 0 amide bonds. The van der Waals surface area contributed by atoms with Gasteiger partial charge in [-0.3, -0.25) is 0 Å². The zero-order chi connectivity index (χ0) is 13.8. The van der Waals surface area contributed by atoms with Crippen molar-refractivity contribution in [1.29, 1.82) is 5.26 Å². The lowest BCUT2D eigenvalue weighted by molar-refractivity contribution is 1.04. The van der Waals surface area contributed by atoms with Gasteiger partial charge in [0.1, 0.15) is 17.3 Å². The molecule has 0 aliphatic rings. The second-order valence-corrected chi connectivity index (χ2v) is 4.44. The van der Waals surface area contributed by atoms with Crippen molar-refractivity contribution in [3.63, 3.8) is 0 Å². The van der Waals surface area contributed by atoms with E-state index >= 15 is 0 Å². The van der Waals surface area contributed by atoms with Crippen LogP contribution in [0.4, 0.5) is 11.5 Å². The van der Waals surface area contributed by atoms with Gasteiger partial charge in [0.2, 0.25) is 0 Å². The van der Waals surface area contributed by atoms with Crippen LogP contribution < -0.4 is 4.90 Å². The molecule has 0 bridgehead atoms. The van der Waals surface area contributed by atoms with Crippen molar-refractivity contribution < 1.29 is 0 Å². The number of hydrogen-bond acceptors (Lipinski definition) is 4. The zero-order valence-electron chi connectivity index (χ0n) is 10.1. The standard InChI is InChI=1S/C13H10Cl2N4/c1-19(10-4-2-9(7-16)3-5-10)13-11(6-14)12(15)17-8-18-13/h2-5,8H,6H2,1H3. The first-order valence-electron chi connectivity index (χ1n) is 5.46. The molecule has 4 nitrogen and oxygen atoms in total. The Hall–Kier alpha value is -1.83. The molecule has 2 aromatic rings. The molecule has 19 heavy (non-hydrogen) atoms. The van der Waals surface area contributed by atoms with Crippen LogP contribution in [0.5, 0.6) is 0 Å². The van der Waals surface area contributed by atoms with E-state index in [9.17, 15) is 0 Å². The van der Waals surface area contributed by atoms with Gasteiger partial charge in [0.05, 0.1) is 17.5 Å². The molecule has 1 aromatic carbocycles. The minimum atomic E-state index is 0.232. The first kappa shape index (κ1) is 13.6. The van der Waals surface area contributed by atoms with E-state index in [4.69, 9.17) is 28.5 Å². The average molecular weight is 293 g/mol. The Bertz CT molecular complexity index is 620. The highest BCUT2D eigenvalue weighted by atomic mass is 35.5. The van der Waals surface area contributed by atoms with E-state index in [1.54, 1.807) is 12.1 Å². The third-order valence-electron chi connectivity index (χ3n) is 2.71. The van der Waals surface area contributed by atoms with Crippen LogP contribution in [0.25, 0.3) is 0 Å². The summed E-state index contributed by atoms with van der Waals surface area (Å²) in [5.74, 6) is 0.884. The monoisotopic (exact) mass is 292 g/mol. The number of hydrogen-bond donors (Lipinski definition) is 0. The SMILES string of the molecule is CN(c1ccc(C#N)cc1)c1ncnc(Cl)c1CCl. The van der Waals surface area contributed by atoms with E-state index < -0.39 is 0 Å². The molecule has 96 valence electrons. The Morgan fingerprint density at radius 1 is 1.26 bits per heavy atom. The molecule has 0 saturated heterocycles. The fourth-order valence-electron chi connectivity index (χ4n) is 1.67. The quantitative estimate of drug-likeness (QED) is 0.642. The number of anilines is 2. The molecule has 0 unspecified atom stereocenters. The van der Waals surface area contributed by atoms with Crippen LogP contribution in [0, 0.1) is 11.3 Å². The van der Waals surface area contributed by atoms with Crippen molar-refractivity contribution in [2.75, 3.05) is 11.9 Å². The predicted molar refractivity (Wildman–Crippen MR) is 75.8 cm³/mol. The molecule has 0 saturated carbocycles. The summed E-state index contributed by atoms with van der Waals surface area (Å²) in [5, 5.41) is 9.13. The Kier molecular flexibility index (Phi) is 4.20. The molecular weight excluding hydrogens is 283 g/mol. The molecule has 6 heteroatoms. The molecule has 0 spiro atoms. The second-order valence-electron chi connectivity index (χ2n) is 3.82. The topological polar surface area (TPSA) is 52.8 Å². The van der Waals surface area contributed by atoms with Crippen molar-refractivity contribution in [2.45, 2.75) is 5.88 Å². The van der Waals surface area contributed by atoms with E-state index in [0.29, 0.717) is 22.1 Å². The van der Waals surface area contributed by atoms with Crippen LogP contribution in [-0.4, -0.2) is 17.0 Å². The van der Waals surface area contributed by atoms with Gasteiger partial charge in [0.15, 0.2) is 0 Å². The van der Waals surface area contributed by atoms with Crippen molar-refractivity contribution in [1.82, 2.24) is 9.97 Å². The number of halogens is 2. The Morgan fingerprint density at radius 3 is 2.53 bits per heavy atom. The lowest BCUT2D eigenvalue weighted by atomic mass is 10.2. The number of aromatic nitrogens is 2. The molecule has 0 aliphatic heterocycles. The van der Waals surface area contributed by atoms with Crippen LogP contribution in [0.2, 0.25) is 5.15 Å². The lowest BCUT2D eigenvalue weighted by Gasteiger charge is -2.20. The number of rotatable bonds is 3. The van der Waals surface area contributed by atoms with Crippen molar-refractivity contribution in [3.05, 3.63) is 46.9 Å². The lowest BCUT2D eigenvalue weighted by Crippen LogP contribution is -2.14. The molecule has 1 aromatic heterocycles. The van der Waals surface area contributed by atoms with Gasteiger partial charge in [-0.2, -0.15) is 5.26 Å². The Morgan fingerprint density at radius 2 is 1.95 bits per heavy atom. The highest BCUT2D eigenvalue weighted by molar-refractivity contribution is 6.31. The normalized spacial score (nSPS) is 10.0.